The molecule has 7 aromatic rings. The molecule has 0 radical (unpaired) electrons. The van der Waals surface area contributed by atoms with E-state index < -0.39 is 65.1 Å². The number of hydrogen-bond acceptors (Lipinski definition) is 4. The smallest absolute Gasteiger partial charge is 0.190 e. The molecule has 0 saturated heterocycles. The molecule has 0 N–H and O–H groups in total. The number of azo groups is 1. The maximum atomic E-state index is 13.6. The number of hydrogen-bond donors (Lipinski definition) is 0. The highest BCUT2D eigenvalue weighted by Crippen LogP contribution is 2.40. The van der Waals surface area contributed by atoms with Crippen molar-refractivity contribution in [2.24, 2.45) is 10.2 Å². The van der Waals surface area contributed by atoms with E-state index in [0.717, 1.165) is 45.2 Å². The number of aromatic nitrogens is 2. The van der Waals surface area contributed by atoms with Crippen LogP contribution < -0.4 is 0 Å². The molecule has 0 fully saturated rings. The van der Waals surface area contributed by atoms with E-state index in [4.69, 9.17) is 0 Å². The lowest BCUT2D eigenvalue weighted by molar-refractivity contribution is 0.444. The normalized spacial score (nSPS) is 11.4. The fourth-order valence-electron chi connectivity index (χ4n) is 6.20. The van der Waals surface area contributed by atoms with Gasteiger partial charge in [-0.3, -0.25) is 9.97 Å². The Bertz CT molecular complexity index is 2410. The van der Waals surface area contributed by atoms with Gasteiger partial charge in [0.15, 0.2) is 57.9 Å². The van der Waals surface area contributed by atoms with Crippen molar-refractivity contribution in [1.82, 2.24) is 9.97 Å². The summed E-state index contributed by atoms with van der Waals surface area (Å²) < 4.78 is 106. The van der Waals surface area contributed by atoms with Crippen LogP contribution in [0.2, 0.25) is 0 Å². The van der Waals surface area contributed by atoms with Crippen LogP contribution in [0.4, 0.5) is 46.5 Å². The molecule has 4 nitrogen and oxygen atoms in total. The maximum absolute atomic E-state index is 13.6. The van der Waals surface area contributed by atoms with Gasteiger partial charge in [-0.25, -0.2) is 35.1 Å². The molecule has 274 valence electrons. The molecule has 0 aliphatic rings. The SMILES string of the molecule is Cc1cncc(C)c1-c1cccc2cc3cccc(-c4c(C)cncc4C)c3cc12.Fc1c(F)c(N=Nc2c(F)c(F)c(I)c(F)c2F)c(F)c(F)c1I. The molecule has 0 atom stereocenters. The third-order valence-electron chi connectivity index (χ3n) is 8.69. The van der Waals surface area contributed by atoms with E-state index in [1.54, 1.807) is 0 Å². The average Bonchev–Trinajstić information content (AvgIpc) is 3.15. The minimum absolute atomic E-state index is 0.977. The third kappa shape index (κ3) is 7.05. The van der Waals surface area contributed by atoms with Crippen molar-refractivity contribution in [2.75, 3.05) is 0 Å². The van der Waals surface area contributed by atoms with Gasteiger partial charge < -0.3 is 0 Å². The van der Waals surface area contributed by atoms with E-state index in [9.17, 15) is 35.1 Å². The second kappa shape index (κ2) is 15.6. The fraction of sp³-hybridized carbons (Fsp3) is 0.100. The van der Waals surface area contributed by atoms with Gasteiger partial charge in [0, 0.05) is 24.8 Å². The van der Waals surface area contributed by atoms with E-state index in [1.165, 1.54) is 66.1 Å². The molecule has 0 saturated carbocycles. The summed E-state index contributed by atoms with van der Waals surface area (Å²) in [4.78, 5) is 8.73. The molecule has 0 spiro atoms. The largest absolute Gasteiger partial charge is 0.264 e. The molecule has 5 aromatic carbocycles. The Morgan fingerprint density at radius 2 is 0.759 bits per heavy atom. The van der Waals surface area contributed by atoms with Crippen LogP contribution in [0.3, 0.4) is 0 Å². The summed E-state index contributed by atoms with van der Waals surface area (Å²) in [7, 11) is 0. The zero-order valence-electron chi connectivity index (χ0n) is 28.5. The first-order valence-electron chi connectivity index (χ1n) is 15.9. The highest BCUT2D eigenvalue weighted by molar-refractivity contribution is 14.1. The zero-order valence-corrected chi connectivity index (χ0v) is 32.8. The first-order valence-corrected chi connectivity index (χ1v) is 18.0. The van der Waals surface area contributed by atoms with Crippen LogP contribution in [-0.4, -0.2) is 9.97 Å². The third-order valence-corrected chi connectivity index (χ3v) is 10.6. The fourth-order valence-corrected chi connectivity index (χ4v) is 7.15. The predicted octanol–water partition coefficient (Wildman–Crippen LogP) is 13.8. The highest BCUT2D eigenvalue weighted by Gasteiger charge is 2.27. The van der Waals surface area contributed by atoms with Crippen molar-refractivity contribution in [3.05, 3.63) is 149 Å². The van der Waals surface area contributed by atoms with E-state index in [0.29, 0.717) is 0 Å². The monoisotopic (exact) mass is 966 g/mol. The van der Waals surface area contributed by atoms with Gasteiger partial charge in [0.1, 0.15) is 0 Å². The van der Waals surface area contributed by atoms with Crippen molar-refractivity contribution in [3.8, 4) is 22.3 Å². The Hall–Kier alpha value is -4.58. The Labute approximate surface area is 330 Å². The van der Waals surface area contributed by atoms with Gasteiger partial charge in [0.25, 0.3) is 0 Å². The van der Waals surface area contributed by atoms with Gasteiger partial charge in [-0.15, -0.1) is 10.2 Å². The van der Waals surface area contributed by atoms with Crippen molar-refractivity contribution in [3.63, 3.8) is 0 Å². The lowest BCUT2D eigenvalue weighted by Crippen LogP contribution is -2.00. The van der Waals surface area contributed by atoms with Crippen LogP contribution in [0.5, 0.6) is 0 Å². The Kier molecular flexibility index (Phi) is 11.3. The summed E-state index contributed by atoms with van der Waals surface area (Å²) in [5.74, 6) is -15.2. The Balaban J connectivity index is 0.000000190. The van der Waals surface area contributed by atoms with Gasteiger partial charge >= 0.3 is 0 Å². The van der Waals surface area contributed by atoms with Gasteiger partial charge in [0.2, 0.25) is 0 Å². The molecule has 14 heteroatoms. The van der Waals surface area contributed by atoms with Crippen LogP contribution in [0.25, 0.3) is 43.8 Å². The second-order valence-corrected chi connectivity index (χ2v) is 14.4. The summed E-state index contributed by atoms with van der Waals surface area (Å²) in [5, 5.41) is 10.4. The number of aryl methyl sites for hydroxylation is 4. The van der Waals surface area contributed by atoms with Crippen LogP contribution in [0, 0.1) is 81.4 Å². The molecular weight excluding hydrogens is 942 g/mol. The van der Waals surface area contributed by atoms with E-state index in [-0.39, 0.29) is 0 Å². The number of fused-ring (bicyclic) bond motifs is 2. The van der Waals surface area contributed by atoms with Gasteiger partial charge in [-0.2, -0.15) is 0 Å². The maximum Gasteiger partial charge on any atom is 0.190 e. The van der Waals surface area contributed by atoms with Crippen LogP contribution in [0.1, 0.15) is 22.3 Å². The molecule has 0 bridgehead atoms. The van der Waals surface area contributed by atoms with E-state index in [1.807, 2.05) is 24.8 Å². The van der Waals surface area contributed by atoms with Gasteiger partial charge in [0.05, 0.1) is 7.14 Å². The molecular formula is C40H24F8I2N4. The van der Waals surface area contributed by atoms with Crippen molar-refractivity contribution in [1.29, 1.82) is 0 Å². The quantitative estimate of drug-likeness (QED) is 0.0441. The van der Waals surface area contributed by atoms with Crippen molar-refractivity contribution >= 4 is 78.1 Å². The van der Waals surface area contributed by atoms with Crippen LogP contribution in [-0.2, 0) is 0 Å². The molecule has 7 rings (SSSR count). The minimum Gasteiger partial charge on any atom is -0.264 e. The average molecular weight is 966 g/mol. The second-order valence-electron chi connectivity index (χ2n) is 12.2. The number of pyridine rings is 2. The number of rotatable bonds is 4. The minimum atomic E-state index is -1.99. The number of nitrogens with zero attached hydrogens (tertiary/aromatic N) is 4. The molecule has 0 aliphatic carbocycles. The topological polar surface area (TPSA) is 50.5 Å². The first-order chi connectivity index (χ1) is 25.6. The molecule has 54 heavy (non-hydrogen) atoms. The summed E-state index contributed by atoms with van der Waals surface area (Å²) in [6.45, 7) is 8.57. The van der Waals surface area contributed by atoms with Gasteiger partial charge in [-0.05, 0) is 151 Å². The standard InChI is InChI=1S/C28H24N2.C12F8I2N2/c1-17-13-29-14-18(2)27(17)23-9-5-7-21-11-22-8-6-10-24(26(22)12-25(21)23)28-19(3)15-30-16-20(28)4;13-1-5(17)11(6(18)2(14)9(1)21)23-24-12-7(19)3(15)10(22)4(16)8(12)20/h5-16H,1-4H3;. The summed E-state index contributed by atoms with van der Waals surface area (Å²) >= 11 is 1.95. The molecule has 0 unspecified atom stereocenters. The highest BCUT2D eigenvalue weighted by atomic mass is 127. The molecule has 2 heterocycles. The van der Waals surface area contributed by atoms with Crippen LogP contribution in [0.15, 0.2) is 83.5 Å². The lowest BCUT2D eigenvalue weighted by Gasteiger charge is -2.16. The first kappa shape index (κ1) is 39.1. The molecule has 2 aromatic heterocycles. The zero-order chi connectivity index (χ0) is 39.2. The summed E-state index contributed by atoms with van der Waals surface area (Å²) in [5.41, 5.74) is 6.62. The van der Waals surface area contributed by atoms with Gasteiger partial charge in [-0.1, -0.05) is 36.4 Å². The summed E-state index contributed by atoms with van der Waals surface area (Å²) in [6, 6.07) is 17.9. The Morgan fingerprint density at radius 3 is 1.07 bits per heavy atom. The molecule has 0 aliphatic heterocycles. The Morgan fingerprint density at radius 1 is 0.444 bits per heavy atom. The van der Waals surface area contributed by atoms with Crippen LogP contribution >= 0.6 is 45.2 Å². The summed E-state index contributed by atoms with van der Waals surface area (Å²) in [6.07, 6.45) is 7.82. The van der Waals surface area contributed by atoms with E-state index >= 15 is 0 Å². The number of benzene rings is 5. The predicted molar refractivity (Wildman–Crippen MR) is 209 cm³/mol. The lowest BCUT2D eigenvalue weighted by atomic mass is 9.89. The number of halogens is 10. The molecule has 0 amide bonds. The van der Waals surface area contributed by atoms with Crippen molar-refractivity contribution < 1.29 is 35.1 Å². The van der Waals surface area contributed by atoms with Crippen molar-refractivity contribution in [2.45, 2.75) is 27.7 Å². The van der Waals surface area contributed by atoms with E-state index in [2.05, 4.69) is 96.4 Å².